The van der Waals surface area contributed by atoms with E-state index in [4.69, 9.17) is 0 Å². The summed E-state index contributed by atoms with van der Waals surface area (Å²) >= 11 is 3.23. The average molecular weight is 291 g/mol. The summed E-state index contributed by atoms with van der Waals surface area (Å²) in [5.41, 5.74) is 1.98. The van der Waals surface area contributed by atoms with E-state index in [0.717, 1.165) is 16.5 Å². The standard InChI is InChI=1S/C11H15BrO2S/c1-10-4-2-5-11(8-10)9-15(13,14)7-3-6-12/h2,4-5,8H,3,6-7,9H2,1H3. The van der Waals surface area contributed by atoms with Gasteiger partial charge >= 0.3 is 0 Å². The molecule has 0 aliphatic rings. The fraction of sp³-hybridized carbons (Fsp3) is 0.455. The lowest BCUT2D eigenvalue weighted by Gasteiger charge is -2.04. The highest BCUT2D eigenvalue weighted by Gasteiger charge is 2.11. The van der Waals surface area contributed by atoms with Gasteiger partial charge in [-0.05, 0) is 18.9 Å². The van der Waals surface area contributed by atoms with Gasteiger partial charge in [0.05, 0.1) is 11.5 Å². The molecule has 0 fully saturated rings. The quantitative estimate of drug-likeness (QED) is 0.782. The topological polar surface area (TPSA) is 34.1 Å². The Balaban J connectivity index is 2.69. The van der Waals surface area contributed by atoms with E-state index in [2.05, 4.69) is 15.9 Å². The van der Waals surface area contributed by atoms with E-state index in [-0.39, 0.29) is 11.5 Å². The molecule has 0 amide bonds. The minimum Gasteiger partial charge on any atom is -0.228 e. The molecule has 0 N–H and O–H groups in total. The number of aryl methyl sites for hydroxylation is 1. The summed E-state index contributed by atoms with van der Waals surface area (Å²) in [5, 5.41) is 0.736. The third-order valence-electron chi connectivity index (χ3n) is 2.06. The molecule has 0 atom stereocenters. The number of hydrogen-bond acceptors (Lipinski definition) is 2. The first-order valence-corrected chi connectivity index (χ1v) is 7.80. The van der Waals surface area contributed by atoms with Crippen LogP contribution in [0.15, 0.2) is 24.3 Å². The zero-order valence-corrected chi connectivity index (χ0v) is 11.1. The Morgan fingerprint density at radius 3 is 2.67 bits per heavy atom. The first kappa shape index (κ1) is 12.7. The first-order chi connectivity index (χ1) is 7.03. The molecule has 0 aliphatic heterocycles. The molecule has 0 bridgehead atoms. The van der Waals surface area contributed by atoms with Gasteiger partial charge in [0, 0.05) is 5.33 Å². The molecular weight excluding hydrogens is 276 g/mol. The largest absolute Gasteiger partial charge is 0.228 e. The van der Waals surface area contributed by atoms with Crippen molar-refractivity contribution in [3.05, 3.63) is 35.4 Å². The third-order valence-corrected chi connectivity index (χ3v) is 4.30. The molecule has 1 aromatic rings. The molecule has 1 aromatic carbocycles. The summed E-state index contributed by atoms with van der Waals surface area (Å²) in [7, 11) is -2.94. The van der Waals surface area contributed by atoms with Gasteiger partial charge in [0.1, 0.15) is 0 Å². The SMILES string of the molecule is Cc1cccc(CS(=O)(=O)CCCBr)c1. The molecule has 15 heavy (non-hydrogen) atoms. The predicted molar refractivity (Wildman–Crippen MR) is 67.1 cm³/mol. The smallest absolute Gasteiger partial charge is 0.154 e. The van der Waals surface area contributed by atoms with Crippen LogP contribution in [-0.2, 0) is 15.6 Å². The van der Waals surface area contributed by atoms with Crippen LogP contribution in [0.3, 0.4) is 0 Å². The van der Waals surface area contributed by atoms with E-state index in [1.165, 1.54) is 0 Å². The summed E-state index contributed by atoms with van der Waals surface area (Å²) in [6, 6.07) is 7.64. The van der Waals surface area contributed by atoms with Crippen molar-refractivity contribution in [1.82, 2.24) is 0 Å². The second-order valence-corrected chi connectivity index (χ2v) is 6.60. The maximum Gasteiger partial charge on any atom is 0.154 e. The van der Waals surface area contributed by atoms with Crippen molar-refractivity contribution in [2.24, 2.45) is 0 Å². The van der Waals surface area contributed by atoms with Crippen molar-refractivity contribution >= 4 is 25.8 Å². The number of benzene rings is 1. The second kappa shape index (κ2) is 5.66. The van der Waals surface area contributed by atoms with Crippen LogP contribution in [0.5, 0.6) is 0 Å². The number of hydrogen-bond donors (Lipinski definition) is 0. The molecule has 2 nitrogen and oxygen atoms in total. The fourth-order valence-corrected chi connectivity index (χ4v) is 3.47. The van der Waals surface area contributed by atoms with E-state index >= 15 is 0 Å². The zero-order valence-electron chi connectivity index (χ0n) is 8.74. The van der Waals surface area contributed by atoms with Crippen LogP contribution in [-0.4, -0.2) is 19.5 Å². The highest BCUT2D eigenvalue weighted by atomic mass is 79.9. The van der Waals surface area contributed by atoms with Crippen LogP contribution in [0, 0.1) is 6.92 Å². The van der Waals surface area contributed by atoms with Gasteiger partial charge in [0.2, 0.25) is 0 Å². The van der Waals surface area contributed by atoms with Crippen LogP contribution in [0.4, 0.5) is 0 Å². The molecule has 0 spiro atoms. The second-order valence-electron chi connectivity index (χ2n) is 3.62. The van der Waals surface area contributed by atoms with Crippen molar-refractivity contribution in [1.29, 1.82) is 0 Å². The van der Waals surface area contributed by atoms with E-state index in [1.807, 2.05) is 31.2 Å². The molecular formula is C11H15BrO2S. The van der Waals surface area contributed by atoms with Crippen molar-refractivity contribution in [3.63, 3.8) is 0 Å². The third kappa shape index (κ3) is 4.80. The summed E-state index contributed by atoms with van der Waals surface area (Å²) in [4.78, 5) is 0. The summed E-state index contributed by atoms with van der Waals surface area (Å²) in [6.45, 7) is 1.97. The molecule has 0 aliphatic carbocycles. The fourth-order valence-electron chi connectivity index (χ4n) is 1.40. The van der Waals surface area contributed by atoms with Crippen molar-refractivity contribution in [2.45, 2.75) is 19.1 Å². The zero-order chi connectivity index (χ0) is 11.3. The van der Waals surface area contributed by atoms with Gasteiger partial charge in [-0.3, -0.25) is 0 Å². The molecule has 1 rings (SSSR count). The maximum absolute atomic E-state index is 11.6. The average Bonchev–Trinajstić information content (AvgIpc) is 2.14. The molecule has 0 heterocycles. The van der Waals surface area contributed by atoms with E-state index in [1.54, 1.807) is 0 Å². The Labute approximate surface area is 99.7 Å². The lowest BCUT2D eigenvalue weighted by molar-refractivity contribution is 0.594. The highest BCUT2D eigenvalue weighted by Crippen LogP contribution is 2.10. The minimum atomic E-state index is -2.94. The van der Waals surface area contributed by atoms with Crippen molar-refractivity contribution < 1.29 is 8.42 Å². The first-order valence-electron chi connectivity index (χ1n) is 4.85. The normalized spacial score (nSPS) is 11.6. The Morgan fingerprint density at radius 1 is 1.33 bits per heavy atom. The lowest BCUT2D eigenvalue weighted by atomic mass is 10.2. The maximum atomic E-state index is 11.6. The molecule has 84 valence electrons. The van der Waals surface area contributed by atoms with Crippen LogP contribution in [0.25, 0.3) is 0 Å². The van der Waals surface area contributed by atoms with Crippen LogP contribution >= 0.6 is 15.9 Å². The van der Waals surface area contributed by atoms with Gasteiger partial charge in [-0.15, -0.1) is 0 Å². The number of halogens is 1. The lowest BCUT2D eigenvalue weighted by Crippen LogP contribution is -2.09. The number of rotatable bonds is 5. The summed E-state index contributed by atoms with van der Waals surface area (Å²) in [6.07, 6.45) is 0.675. The van der Waals surface area contributed by atoms with Crippen molar-refractivity contribution in [2.75, 3.05) is 11.1 Å². The summed E-state index contributed by atoms with van der Waals surface area (Å²) < 4.78 is 23.3. The minimum absolute atomic E-state index is 0.154. The number of alkyl halides is 1. The Morgan fingerprint density at radius 2 is 2.07 bits per heavy atom. The van der Waals surface area contributed by atoms with Crippen molar-refractivity contribution in [3.8, 4) is 0 Å². The monoisotopic (exact) mass is 290 g/mol. The molecule has 4 heteroatoms. The van der Waals surface area contributed by atoms with Gasteiger partial charge in [-0.2, -0.15) is 0 Å². The Kier molecular flexibility index (Phi) is 4.80. The highest BCUT2D eigenvalue weighted by molar-refractivity contribution is 9.09. The molecule has 0 saturated heterocycles. The van der Waals surface area contributed by atoms with Gasteiger partial charge in [-0.1, -0.05) is 45.8 Å². The van der Waals surface area contributed by atoms with E-state index in [9.17, 15) is 8.42 Å². The van der Waals surface area contributed by atoms with Gasteiger partial charge in [0.15, 0.2) is 9.84 Å². The van der Waals surface area contributed by atoms with Crippen LogP contribution in [0.1, 0.15) is 17.5 Å². The van der Waals surface area contributed by atoms with Gasteiger partial charge < -0.3 is 0 Å². The molecule has 0 unspecified atom stereocenters. The Hall–Kier alpha value is -0.350. The summed E-state index contributed by atoms with van der Waals surface area (Å²) in [5.74, 6) is 0.411. The molecule has 0 saturated carbocycles. The van der Waals surface area contributed by atoms with E-state index < -0.39 is 9.84 Å². The Bertz CT molecular complexity index is 412. The molecule has 0 radical (unpaired) electrons. The van der Waals surface area contributed by atoms with Crippen LogP contribution in [0.2, 0.25) is 0 Å². The number of sulfone groups is 1. The van der Waals surface area contributed by atoms with E-state index in [0.29, 0.717) is 6.42 Å². The van der Waals surface area contributed by atoms with Gasteiger partial charge in [-0.25, -0.2) is 8.42 Å². The molecule has 0 aromatic heterocycles. The van der Waals surface area contributed by atoms with Gasteiger partial charge in [0.25, 0.3) is 0 Å². The predicted octanol–water partition coefficient (Wildman–Crippen LogP) is 2.69. The van der Waals surface area contributed by atoms with Crippen LogP contribution < -0.4 is 0 Å².